The fourth-order valence-corrected chi connectivity index (χ4v) is 5.82. The number of rotatable bonds is 5. The highest BCUT2D eigenvalue weighted by Gasteiger charge is 2.31. The van der Waals surface area contributed by atoms with Gasteiger partial charge in [0.25, 0.3) is 0 Å². The molecule has 1 fully saturated rings. The second-order valence-corrected chi connectivity index (χ2v) is 10.2. The van der Waals surface area contributed by atoms with Gasteiger partial charge in [0.15, 0.2) is 5.16 Å². The first-order valence-corrected chi connectivity index (χ1v) is 12.8. The first kappa shape index (κ1) is 22.0. The smallest absolute Gasteiger partial charge is 0.242 e. The zero-order chi connectivity index (χ0) is 22.9. The van der Waals surface area contributed by atoms with E-state index in [4.69, 9.17) is 4.98 Å². The second kappa shape index (κ2) is 9.21. The van der Waals surface area contributed by atoms with Gasteiger partial charge >= 0.3 is 0 Å². The third-order valence-electron chi connectivity index (χ3n) is 6.85. The maximum Gasteiger partial charge on any atom is 0.242 e. The average molecular weight is 463 g/mol. The number of hydrogen-bond donors (Lipinski definition) is 0. The molecule has 0 saturated carbocycles. The zero-order valence-corrected chi connectivity index (χ0v) is 20.1. The largest absolute Gasteiger partial charge is 0.341 e. The van der Waals surface area contributed by atoms with E-state index < -0.39 is 0 Å². The van der Waals surface area contributed by atoms with Gasteiger partial charge in [-0.15, -0.1) is 0 Å². The van der Waals surface area contributed by atoms with Crippen LogP contribution in [-0.4, -0.2) is 51.1 Å². The minimum Gasteiger partial charge on any atom is -0.341 e. The van der Waals surface area contributed by atoms with Gasteiger partial charge in [0.1, 0.15) is 6.54 Å². The minimum atomic E-state index is 0.0763. The fourth-order valence-electron chi connectivity index (χ4n) is 4.95. The number of fused-ring (bicyclic) bond motifs is 2. The molecule has 1 saturated heterocycles. The third kappa shape index (κ3) is 4.38. The van der Waals surface area contributed by atoms with E-state index in [0.717, 1.165) is 54.2 Å². The van der Waals surface area contributed by atoms with Gasteiger partial charge < -0.3 is 14.4 Å². The molecule has 2 aliphatic heterocycles. The van der Waals surface area contributed by atoms with Crippen LogP contribution in [0.1, 0.15) is 32.3 Å². The number of carbonyl (C=O) groups is 2. The van der Waals surface area contributed by atoms with Crippen LogP contribution in [0.15, 0.2) is 53.7 Å². The quantitative estimate of drug-likeness (QED) is 0.529. The van der Waals surface area contributed by atoms with E-state index in [-0.39, 0.29) is 30.2 Å². The second-order valence-electron chi connectivity index (χ2n) is 9.27. The van der Waals surface area contributed by atoms with E-state index in [1.165, 1.54) is 17.3 Å². The van der Waals surface area contributed by atoms with E-state index in [0.29, 0.717) is 5.92 Å². The molecule has 0 bridgehead atoms. The van der Waals surface area contributed by atoms with Crippen molar-refractivity contribution in [3.05, 3.63) is 54.1 Å². The first-order valence-electron chi connectivity index (χ1n) is 11.8. The molecule has 2 aliphatic rings. The van der Waals surface area contributed by atoms with Gasteiger partial charge in [-0.3, -0.25) is 9.59 Å². The number of aromatic nitrogens is 2. The molecule has 0 radical (unpaired) electrons. The summed E-state index contributed by atoms with van der Waals surface area (Å²) in [5, 5.41) is 0.725. The lowest BCUT2D eigenvalue weighted by Gasteiger charge is -2.30. The maximum atomic E-state index is 13.2. The third-order valence-corrected chi connectivity index (χ3v) is 7.81. The summed E-state index contributed by atoms with van der Waals surface area (Å²) in [6.07, 6.45) is 3.00. The van der Waals surface area contributed by atoms with E-state index in [2.05, 4.69) is 19.9 Å². The van der Waals surface area contributed by atoms with E-state index in [1.54, 1.807) is 0 Å². The van der Waals surface area contributed by atoms with E-state index in [1.807, 2.05) is 56.8 Å². The molecular formula is C26H30N4O2S. The highest BCUT2D eigenvalue weighted by Crippen LogP contribution is 2.33. The van der Waals surface area contributed by atoms with Crippen molar-refractivity contribution in [2.45, 2.75) is 50.9 Å². The van der Waals surface area contributed by atoms with Crippen molar-refractivity contribution >= 4 is 40.3 Å². The average Bonchev–Trinajstić information content (AvgIpc) is 3.34. The number of para-hydroxylation sites is 3. The van der Waals surface area contributed by atoms with Crippen molar-refractivity contribution < 1.29 is 9.59 Å². The number of imidazole rings is 1. The highest BCUT2D eigenvalue weighted by atomic mass is 32.2. The van der Waals surface area contributed by atoms with Crippen molar-refractivity contribution in [1.29, 1.82) is 0 Å². The van der Waals surface area contributed by atoms with Crippen molar-refractivity contribution in [2.24, 2.45) is 5.92 Å². The van der Waals surface area contributed by atoms with Crippen LogP contribution < -0.4 is 4.90 Å². The molecule has 0 aliphatic carbocycles. The molecular weight excluding hydrogens is 432 g/mol. The van der Waals surface area contributed by atoms with Crippen molar-refractivity contribution in [2.75, 3.05) is 23.7 Å². The molecule has 2 amide bonds. The van der Waals surface area contributed by atoms with Gasteiger partial charge in [0.2, 0.25) is 11.8 Å². The summed E-state index contributed by atoms with van der Waals surface area (Å²) in [4.78, 5) is 35.0. The normalized spacial score (nSPS) is 18.7. The number of carbonyl (C=O) groups excluding carboxylic acids is 2. The number of amides is 2. The maximum absolute atomic E-state index is 13.2. The Kier molecular flexibility index (Phi) is 6.15. The summed E-state index contributed by atoms with van der Waals surface area (Å²) in [7, 11) is 0. The predicted octanol–water partition coefficient (Wildman–Crippen LogP) is 4.36. The van der Waals surface area contributed by atoms with Crippen molar-refractivity contribution in [1.82, 2.24) is 14.5 Å². The Morgan fingerprint density at radius 2 is 1.73 bits per heavy atom. The number of likely N-dealkylation sites (tertiary alicyclic amines) is 1. The lowest BCUT2D eigenvalue weighted by atomic mass is 9.99. The SMILES string of the molecule is CC1CCN(C(=O)Cn2c(SCC(=O)N3c4ccccc4C[C@@H]3C)nc3ccccc32)CC1. The number of benzene rings is 2. The molecule has 33 heavy (non-hydrogen) atoms. The highest BCUT2D eigenvalue weighted by molar-refractivity contribution is 7.99. The number of thioether (sulfide) groups is 1. The summed E-state index contributed by atoms with van der Waals surface area (Å²) in [6, 6.07) is 16.2. The topological polar surface area (TPSA) is 58.4 Å². The van der Waals surface area contributed by atoms with Gasteiger partial charge in [-0.2, -0.15) is 0 Å². The van der Waals surface area contributed by atoms with Crippen molar-refractivity contribution in [3.8, 4) is 0 Å². The van der Waals surface area contributed by atoms with Gasteiger partial charge in [0.05, 0.1) is 16.8 Å². The van der Waals surface area contributed by atoms with Crippen LogP contribution in [0.25, 0.3) is 11.0 Å². The molecule has 172 valence electrons. The Morgan fingerprint density at radius 1 is 1.00 bits per heavy atom. The molecule has 5 rings (SSSR count). The van der Waals surface area contributed by atoms with E-state index in [9.17, 15) is 9.59 Å². The van der Waals surface area contributed by atoms with Crippen molar-refractivity contribution in [3.63, 3.8) is 0 Å². The van der Waals surface area contributed by atoms with Crippen LogP contribution in [-0.2, 0) is 22.6 Å². The van der Waals surface area contributed by atoms with Crippen LogP contribution in [0, 0.1) is 5.92 Å². The van der Waals surface area contributed by atoms with Crippen LogP contribution in [0.2, 0.25) is 0 Å². The summed E-state index contributed by atoms with van der Waals surface area (Å²) in [6.45, 7) is 6.24. The Bertz CT molecular complexity index is 1180. The Morgan fingerprint density at radius 3 is 2.55 bits per heavy atom. The summed E-state index contributed by atoms with van der Waals surface area (Å²) in [5.74, 6) is 1.17. The predicted molar refractivity (Wildman–Crippen MR) is 133 cm³/mol. The molecule has 7 heteroatoms. The first-order chi connectivity index (χ1) is 16.0. The lowest BCUT2D eigenvalue weighted by molar-refractivity contribution is -0.133. The van der Waals surface area contributed by atoms with Gasteiger partial charge in [-0.25, -0.2) is 4.98 Å². The van der Waals surface area contributed by atoms with Crippen LogP contribution in [0.4, 0.5) is 5.69 Å². The van der Waals surface area contributed by atoms with Gasteiger partial charge in [-0.05, 0) is 55.9 Å². The Balaban J connectivity index is 1.34. The zero-order valence-electron chi connectivity index (χ0n) is 19.2. The number of anilines is 1. The molecule has 6 nitrogen and oxygen atoms in total. The minimum absolute atomic E-state index is 0.0763. The molecule has 1 atom stereocenters. The van der Waals surface area contributed by atoms with Gasteiger partial charge in [0, 0.05) is 24.8 Å². The van der Waals surface area contributed by atoms with Crippen LogP contribution in [0.3, 0.4) is 0 Å². The number of piperidine rings is 1. The molecule has 3 heterocycles. The van der Waals surface area contributed by atoms with Gasteiger partial charge in [-0.1, -0.05) is 49.0 Å². The number of nitrogens with zero attached hydrogens (tertiary/aromatic N) is 4. The lowest BCUT2D eigenvalue weighted by Crippen LogP contribution is -2.39. The summed E-state index contributed by atoms with van der Waals surface area (Å²) in [5.41, 5.74) is 4.02. The summed E-state index contributed by atoms with van der Waals surface area (Å²) < 4.78 is 1.98. The van der Waals surface area contributed by atoms with E-state index >= 15 is 0 Å². The fraction of sp³-hybridized carbons (Fsp3) is 0.423. The molecule has 2 aromatic carbocycles. The molecule has 1 aromatic heterocycles. The Labute approximate surface area is 199 Å². The summed E-state index contributed by atoms with van der Waals surface area (Å²) >= 11 is 1.42. The molecule has 0 spiro atoms. The standard InChI is InChI=1S/C26H30N4O2S/c1-18-11-13-28(14-12-18)24(31)16-29-23-10-6-4-8-21(23)27-26(29)33-17-25(32)30-19(2)15-20-7-3-5-9-22(20)30/h3-10,18-19H,11-17H2,1-2H3/t19-/m0/s1. The number of hydrogen-bond acceptors (Lipinski definition) is 4. The monoisotopic (exact) mass is 462 g/mol. The van der Waals surface area contributed by atoms with Crippen LogP contribution in [0.5, 0.6) is 0 Å². The molecule has 0 N–H and O–H groups in total. The molecule has 3 aromatic rings. The molecule has 0 unspecified atom stereocenters. The Hall–Kier alpha value is -2.80. The van der Waals surface area contributed by atoms with Crippen LogP contribution >= 0.6 is 11.8 Å².